The van der Waals surface area contributed by atoms with Crippen molar-refractivity contribution in [3.63, 3.8) is 0 Å². The first-order valence-electron chi connectivity index (χ1n) is 4.52. The lowest BCUT2D eigenvalue weighted by atomic mass is 10.3. The summed E-state index contributed by atoms with van der Waals surface area (Å²) < 4.78 is 0. The van der Waals surface area contributed by atoms with Gasteiger partial charge in [-0.25, -0.2) is 4.90 Å². The number of carbonyl (C=O) groups is 1. The Morgan fingerprint density at radius 2 is 2.18 bits per heavy atom. The maximum atomic E-state index is 11.6. The maximum Gasteiger partial charge on any atom is 0.267 e. The van der Waals surface area contributed by atoms with Crippen LogP contribution in [-0.4, -0.2) is 11.0 Å². The Hall–Kier alpha value is -1.70. The zero-order valence-corrected chi connectivity index (χ0v) is 10.3. The molecule has 0 atom stereocenters. The highest BCUT2D eigenvalue weighted by Gasteiger charge is 2.16. The van der Waals surface area contributed by atoms with Gasteiger partial charge in [-0.1, -0.05) is 23.2 Å². The van der Waals surface area contributed by atoms with Gasteiger partial charge >= 0.3 is 0 Å². The van der Waals surface area contributed by atoms with Crippen LogP contribution in [-0.2, 0) is 4.79 Å². The van der Waals surface area contributed by atoms with Crippen LogP contribution in [0.25, 0.3) is 0 Å². The van der Waals surface area contributed by atoms with E-state index in [1.807, 2.05) is 0 Å². The van der Waals surface area contributed by atoms with Crippen LogP contribution in [0.5, 0.6) is 0 Å². The van der Waals surface area contributed by atoms with Gasteiger partial charge in [-0.15, -0.1) is 0 Å². The van der Waals surface area contributed by atoms with Crippen molar-refractivity contribution in [2.75, 3.05) is 4.90 Å². The molecule has 0 radical (unpaired) electrons. The summed E-state index contributed by atoms with van der Waals surface area (Å²) in [6.07, 6.45) is 2.61. The Balaban J connectivity index is 3.16. The second-order valence-corrected chi connectivity index (χ2v) is 4.00. The van der Waals surface area contributed by atoms with Crippen molar-refractivity contribution in [1.29, 1.82) is 5.26 Å². The van der Waals surface area contributed by atoms with E-state index in [4.69, 9.17) is 33.6 Å². The van der Waals surface area contributed by atoms with E-state index in [1.165, 1.54) is 25.1 Å². The number of aliphatic hydroxyl groups excluding tert-OH is 1. The summed E-state index contributed by atoms with van der Waals surface area (Å²) in [6, 6.07) is 4.38. The Morgan fingerprint density at radius 1 is 1.53 bits per heavy atom. The quantitative estimate of drug-likeness (QED) is 0.388. The number of hydrogen-bond donors (Lipinski definition) is 1. The van der Waals surface area contributed by atoms with Crippen molar-refractivity contribution in [3.05, 3.63) is 40.1 Å². The fourth-order valence-electron chi connectivity index (χ4n) is 1.13. The molecule has 0 spiro atoms. The van der Waals surface area contributed by atoms with Gasteiger partial charge < -0.3 is 5.11 Å². The largest absolute Gasteiger partial charge is 0.512 e. The number of hydrogen-bond acceptors (Lipinski definition) is 3. The third-order valence-corrected chi connectivity index (χ3v) is 2.34. The SMILES string of the molecule is CC(O)=CC(=O)N(C#N)c1ccc(Cl)cc1Cl. The Kier molecular flexibility index (Phi) is 4.38. The first-order chi connectivity index (χ1) is 7.95. The zero-order valence-electron chi connectivity index (χ0n) is 8.82. The molecule has 0 bridgehead atoms. The minimum atomic E-state index is -0.684. The molecule has 88 valence electrons. The Morgan fingerprint density at radius 3 is 2.65 bits per heavy atom. The first kappa shape index (κ1) is 13.4. The van der Waals surface area contributed by atoms with Crippen LogP contribution >= 0.6 is 23.2 Å². The molecule has 0 aliphatic rings. The molecule has 1 amide bonds. The molecule has 0 aliphatic carbocycles. The number of amides is 1. The first-order valence-corrected chi connectivity index (χ1v) is 5.27. The van der Waals surface area contributed by atoms with Gasteiger partial charge in [-0.3, -0.25) is 4.79 Å². The van der Waals surface area contributed by atoms with E-state index in [2.05, 4.69) is 0 Å². The van der Waals surface area contributed by atoms with Crippen LogP contribution in [0.15, 0.2) is 30.0 Å². The molecular formula is C11H8Cl2N2O2. The normalized spacial score (nSPS) is 10.8. The van der Waals surface area contributed by atoms with E-state index >= 15 is 0 Å². The Bertz CT molecular complexity index is 517. The number of anilines is 1. The minimum Gasteiger partial charge on any atom is -0.512 e. The third kappa shape index (κ3) is 3.38. The van der Waals surface area contributed by atoms with E-state index in [9.17, 15) is 4.79 Å². The minimum absolute atomic E-state index is 0.177. The van der Waals surface area contributed by atoms with Gasteiger partial charge in [0.15, 0.2) is 6.19 Å². The van der Waals surface area contributed by atoms with Crippen molar-refractivity contribution in [2.24, 2.45) is 0 Å². The second-order valence-electron chi connectivity index (χ2n) is 3.16. The molecule has 0 aliphatic heterocycles. The van der Waals surface area contributed by atoms with Crippen LogP contribution in [0, 0.1) is 11.5 Å². The zero-order chi connectivity index (χ0) is 13.0. The maximum absolute atomic E-state index is 11.6. The molecule has 0 fully saturated rings. The lowest BCUT2D eigenvalue weighted by molar-refractivity contribution is -0.113. The van der Waals surface area contributed by atoms with Crippen molar-refractivity contribution >= 4 is 34.8 Å². The van der Waals surface area contributed by atoms with Gasteiger partial charge in [0, 0.05) is 11.1 Å². The monoisotopic (exact) mass is 270 g/mol. The molecule has 1 N–H and O–H groups in total. The number of carbonyl (C=O) groups excluding carboxylic acids is 1. The molecule has 0 saturated heterocycles. The molecule has 0 unspecified atom stereocenters. The summed E-state index contributed by atoms with van der Waals surface area (Å²) in [7, 11) is 0. The summed E-state index contributed by atoms with van der Waals surface area (Å²) in [5.41, 5.74) is 0.209. The smallest absolute Gasteiger partial charge is 0.267 e. The average Bonchev–Trinajstić information content (AvgIpc) is 2.21. The predicted octanol–water partition coefficient (Wildman–Crippen LogP) is 3.27. The molecule has 1 aromatic rings. The summed E-state index contributed by atoms with van der Waals surface area (Å²) in [5, 5.41) is 18.5. The van der Waals surface area contributed by atoms with Crippen LogP contribution in [0.4, 0.5) is 5.69 Å². The van der Waals surface area contributed by atoms with Crippen LogP contribution < -0.4 is 4.90 Å². The van der Waals surface area contributed by atoms with Crippen LogP contribution in [0.2, 0.25) is 10.0 Å². The fraction of sp³-hybridized carbons (Fsp3) is 0.0909. The molecule has 1 aromatic carbocycles. The second kappa shape index (κ2) is 5.58. The lowest BCUT2D eigenvalue weighted by Crippen LogP contribution is -2.24. The molecule has 0 saturated carbocycles. The van der Waals surface area contributed by atoms with Crippen molar-refractivity contribution in [2.45, 2.75) is 6.92 Å². The Labute approximate surface area is 108 Å². The number of nitriles is 1. The number of nitrogens with zero attached hydrogens (tertiary/aromatic N) is 2. The van der Waals surface area contributed by atoms with Crippen molar-refractivity contribution in [1.82, 2.24) is 0 Å². The van der Waals surface area contributed by atoms with E-state index in [1.54, 1.807) is 6.19 Å². The summed E-state index contributed by atoms with van der Waals surface area (Å²) in [4.78, 5) is 12.4. The van der Waals surface area contributed by atoms with E-state index < -0.39 is 5.91 Å². The van der Waals surface area contributed by atoms with Gasteiger partial charge in [-0.05, 0) is 25.1 Å². The highest BCUT2D eigenvalue weighted by Crippen LogP contribution is 2.28. The predicted molar refractivity (Wildman–Crippen MR) is 65.9 cm³/mol. The third-order valence-electron chi connectivity index (χ3n) is 1.80. The van der Waals surface area contributed by atoms with Gasteiger partial charge in [0.05, 0.1) is 16.5 Å². The molecular weight excluding hydrogens is 263 g/mol. The summed E-state index contributed by atoms with van der Waals surface area (Å²) in [6.45, 7) is 1.33. The molecule has 6 heteroatoms. The molecule has 0 heterocycles. The summed E-state index contributed by atoms with van der Waals surface area (Å²) in [5.74, 6) is -0.878. The van der Waals surface area contributed by atoms with E-state index in [0.717, 1.165) is 11.0 Å². The molecule has 17 heavy (non-hydrogen) atoms. The summed E-state index contributed by atoms with van der Waals surface area (Å²) >= 11 is 11.6. The highest BCUT2D eigenvalue weighted by atomic mass is 35.5. The number of halogens is 2. The molecule has 4 nitrogen and oxygen atoms in total. The van der Waals surface area contributed by atoms with E-state index in [-0.39, 0.29) is 16.5 Å². The van der Waals surface area contributed by atoms with Crippen molar-refractivity contribution < 1.29 is 9.90 Å². The number of allylic oxidation sites excluding steroid dienone is 1. The average molecular weight is 271 g/mol. The standard InChI is InChI=1S/C11H8Cl2N2O2/c1-7(16)4-11(17)15(6-14)10-3-2-8(12)5-9(10)13/h2-5,16H,1H3. The van der Waals surface area contributed by atoms with E-state index in [0.29, 0.717) is 5.02 Å². The van der Waals surface area contributed by atoms with Gasteiger partial charge in [0.2, 0.25) is 0 Å². The van der Waals surface area contributed by atoms with Crippen LogP contribution in [0.1, 0.15) is 6.92 Å². The molecule has 0 aromatic heterocycles. The lowest BCUT2D eigenvalue weighted by Gasteiger charge is -2.13. The number of benzene rings is 1. The topological polar surface area (TPSA) is 64.3 Å². The fourth-order valence-corrected chi connectivity index (χ4v) is 1.62. The van der Waals surface area contributed by atoms with Gasteiger partial charge in [-0.2, -0.15) is 5.26 Å². The number of rotatable bonds is 2. The number of aliphatic hydroxyl groups is 1. The van der Waals surface area contributed by atoms with Gasteiger partial charge in [0.25, 0.3) is 5.91 Å². The van der Waals surface area contributed by atoms with Crippen LogP contribution in [0.3, 0.4) is 0 Å². The van der Waals surface area contributed by atoms with Crippen molar-refractivity contribution in [3.8, 4) is 6.19 Å². The highest BCUT2D eigenvalue weighted by molar-refractivity contribution is 6.37. The molecule has 1 rings (SSSR count). The van der Waals surface area contributed by atoms with Gasteiger partial charge in [0.1, 0.15) is 0 Å².